The second-order valence-corrected chi connectivity index (χ2v) is 5.98. The molecule has 1 heterocycles. The molecular weight excluding hydrogens is 352 g/mol. The summed E-state index contributed by atoms with van der Waals surface area (Å²) in [5.74, 6) is 0.455. The summed E-state index contributed by atoms with van der Waals surface area (Å²) in [5.41, 5.74) is 1.56. The fourth-order valence-electron chi connectivity index (χ4n) is 2.23. The molecule has 3 rings (SSSR count). The average Bonchev–Trinajstić information content (AvgIpc) is 3.15. The van der Waals surface area contributed by atoms with E-state index in [1.54, 1.807) is 37.4 Å². The number of nitrogens with zero attached hydrogens (tertiary/aromatic N) is 5. The number of ether oxygens (including phenoxy) is 1. The quantitative estimate of drug-likeness (QED) is 0.667. The van der Waals surface area contributed by atoms with E-state index in [4.69, 9.17) is 10.00 Å². The summed E-state index contributed by atoms with van der Waals surface area (Å²) in [6.07, 6.45) is 0. The number of nitriles is 1. The molecule has 1 aromatic heterocycles. The van der Waals surface area contributed by atoms with Crippen molar-refractivity contribution in [2.75, 3.05) is 18.2 Å². The molecule has 0 aliphatic rings. The zero-order valence-corrected chi connectivity index (χ0v) is 14.6. The molecule has 3 aromatic rings. The lowest BCUT2D eigenvalue weighted by molar-refractivity contribution is -0.113. The number of nitrogens with one attached hydrogen (secondary N) is 1. The number of aromatic nitrogens is 4. The summed E-state index contributed by atoms with van der Waals surface area (Å²) in [5, 5.41) is 23.8. The van der Waals surface area contributed by atoms with Crippen LogP contribution in [0.5, 0.6) is 5.75 Å². The lowest BCUT2D eigenvalue weighted by Crippen LogP contribution is -2.15. The van der Waals surface area contributed by atoms with E-state index in [0.29, 0.717) is 27.8 Å². The Morgan fingerprint density at radius 3 is 2.85 bits per heavy atom. The van der Waals surface area contributed by atoms with Crippen LogP contribution in [-0.4, -0.2) is 39.0 Å². The van der Waals surface area contributed by atoms with Crippen molar-refractivity contribution in [3.8, 4) is 17.5 Å². The number of benzene rings is 2. The zero-order chi connectivity index (χ0) is 18.4. The highest BCUT2D eigenvalue weighted by Gasteiger charge is 2.15. The summed E-state index contributed by atoms with van der Waals surface area (Å²) >= 11 is 1.18. The molecule has 9 heteroatoms. The second-order valence-electron chi connectivity index (χ2n) is 5.04. The molecule has 0 aliphatic heterocycles. The van der Waals surface area contributed by atoms with E-state index >= 15 is 0 Å². The van der Waals surface area contributed by atoms with Crippen LogP contribution in [0, 0.1) is 11.3 Å². The van der Waals surface area contributed by atoms with Crippen LogP contribution < -0.4 is 10.1 Å². The lowest BCUT2D eigenvalue weighted by atomic mass is 10.2. The molecular formula is C17H14N6O2S. The SMILES string of the molecule is COc1ccccc1-n1nnnc1SCC(=O)Nc1ccccc1C#N. The van der Waals surface area contributed by atoms with Crippen molar-refractivity contribution in [1.82, 2.24) is 20.2 Å². The first-order valence-corrected chi connectivity index (χ1v) is 8.55. The summed E-state index contributed by atoms with van der Waals surface area (Å²) in [7, 11) is 1.57. The Morgan fingerprint density at radius 1 is 1.27 bits per heavy atom. The maximum Gasteiger partial charge on any atom is 0.234 e. The largest absolute Gasteiger partial charge is 0.494 e. The summed E-state index contributed by atoms with van der Waals surface area (Å²) in [6.45, 7) is 0. The van der Waals surface area contributed by atoms with Crippen molar-refractivity contribution < 1.29 is 9.53 Å². The van der Waals surface area contributed by atoms with Gasteiger partial charge in [0.1, 0.15) is 17.5 Å². The van der Waals surface area contributed by atoms with Crippen molar-refractivity contribution in [2.45, 2.75) is 5.16 Å². The van der Waals surface area contributed by atoms with Gasteiger partial charge >= 0.3 is 0 Å². The number of hydrogen-bond donors (Lipinski definition) is 1. The number of thioether (sulfide) groups is 1. The fraction of sp³-hybridized carbons (Fsp3) is 0.118. The van der Waals surface area contributed by atoms with Crippen molar-refractivity contribution in [2.24, 2.45) is 0 Å². The molecule has 0 saturated carbocycles. The number of para-hydroxylation sites is 3. The number of tetrazole rings is 1. The monoisotopic (exact) mass is 366 g/mol. The lowest BCUT2D eigenvalue weighted by Gasteiger charge is -2.09. The maximum atomic E-state index is 12.2. The van der Waals surface area contributed by atoms with Gasteiger partial charge in [-0.2, -0.15) is 9.94 Å². The Bertz CT molecular complexity index is 966. The Kier molecular flexibility index (Phi) is 5.46. The van der Waals surface area contributed by atoms with Crippen molar-refractivity contribution in [1.29, 1.82) is 5.26 Å². The third-order valence-electron chi connectivity index (χ3n) is 3.41. The molecule has 0 bridgehead atoms. The van der Waals surface area contributed by atoms with Crippen molar-refractivity contribution in [3.05, 3.63) is 54.1 Å². The molecule has 0 spiro atoms. The number of carbonyl (C=O) groups excluding carboxylic acids is 1. The Hall–Kier alpha value is -3.38. The van der Waals surface area contributed by atoms with Gasteiger partial charge in [0.2, 0.25) is 11.1 Å². The number of amides is 1. The van der Waals surface area contributed by atoms with Crippen LogP contribution >= 0.6 is 11.8 Å². The topological polar surface area (TPSA) is 106 Å². The van der Waals surface area contributed by atoms with Crippen LogP contribution in [0.4, 0.5) is 5.69 Å². The molecule has 0 saturated heterocycles. The van der Waals surface area contributed by atoms with Crippen molar-refractivity contribution in [3.63, 3.8) is 0 Å². The first-order valence-electron chi connectivity index (χ1n) is 7.56. The van der Waals surface area contributed by atoms with Gasteiger partial charge in [0, 0.05) is 0 Å². The molecule has 26 heavy (non-hydrogen) atoms. The Morgan fingerprint density at radius 2 is 2.04 bits per heavy atom. The first kappa shape index (κ1) is 17.4. The van der Waals surface area contributed by atoms with E-state index < -0.39 is 0 Å². The van der Waals surface area contributed by atoms with E-state index in [1.807, 2.05) is 24.3 Å². The molecule has 1 amide bonds. The molecule has 0 fully saturated rings. The van der Waals surface area contributed by atoms with Gasteiger partial charge in [0.15, 0.2) is 0 Å². The van der Waals surface area contributed by atoms with Crippen LogP contribution in [-0.2, 0) is 4.79 Å². The Balaban J connectivity index is 1.71. The molecule has 0 aliphatic carbocycles. The third kappa shape index (κ3) is 3.81. The summed E-state index contributed by atoms with van der Waals surface area (Å²) in [4.78, 5) is 12.2. The van der Waals surface area contributed by atoms with Crippen LogP contribution in [0.3, 0.4) is 0 Å². The van der Waals surface area contributed by atoms with Crippen molar-refractivity contribution >= 4 is 23.4 Å². The molecule has 8 nitrogen and oxygen atoms in total. The average molecular weight is 366 g/mol. The van der Waals surface area contributed by atoms with Gasteiger partial charge in [-0.25, -0.2) is 0 Å². The molecule has 0 radical (unpaired) electrons. The molecule has 0 unspecified atom stereocenters. The zero-order valence-electron chi connectivity index (χ0n) is 13.8. The standard InChI is InChI=1S/C17H14N6O2S/c1-25-15-9-5-4-8-14(15)23-17(20-21-22-23)26-11-16(24)19-13-7-3-2-6-12(13)10-18/h2-9H,11H2,1H3,(H,19,24). The molecule has 1 N–H and O–H groups in total. The maximum absolute atomic E-state index is 12.2. The summed E-state index contributed by atoms with van der Waals surface area (Å²) in [6, 6.07) is 16.2. The number of carbonyl (C=O) groups is 1. The van der Waals surface area contributed by atoms with Gasteiger partial charge in [0.25, 0.3) is 0 Å². The van der Waals surface area contributed by atoms with Crippen LogP contribution in [0.15, 0.2) is 53.7 Å². The van der Waals surface area contributed by atoms with Crippen LogP contribution in [0.2, 0.25) is 0 Å². The number of anilines is 1. The highest BCUT2D eigenvalue weighted by Crippen LogP contribution is 2.25. The highest BCUT2D eigenvalue weighted by atomic mass is 32.2. The van der Waals surface area contributed by atoms with Gasteiger partial charge in [-0.15, -0.1) is 5.10 Å². The third-order valence-corrected chi connectivity index (χ3v) is 4.33. The van der Waals surface area contributed by atoms with Gasteiger partial charge < -0.3 is 10.1 Å². The minimum Gasteiger partial charge on any atom is -0.494 e. The molecule has 0 atom stereocenters. The normalized spacial score (nSPS) is 10.2. The first-order chi connectivity index (χ1) is 12.7. The number of rotatable bonds is 6. The number of hydrogen-bond acceptors (Lipinski definition) is 7. The van der Waals surface area contributed by atoms with Crippen LogP contribution in [0.1, 0.15) is 5.56 Å². The molecule has 130 valence electrons. The predicted octanol–water partition coefficient (Wildman–Crippen LogP) is 2.27. The number of methoxy groups -OCH3 is 1. The van der Waals surface area contributed by atoms with Gasteiger partial charge in [-0.1, -0.05) is 36.0 Å². The predicted molar refractivity (Wildman–Crippen MR) is 96.2 cm³/mol. The fourth-order valence-corrected chi connectivity index (χ4v) is 2.91. The van der Waals surface area contributed by atoms with E-state index in [-0.39, 0.29) is 11.7 Å². The Labute approximate surface area is 153 Å². The van der Waals surface area contributed by atoms with E-state index in [9.17, 15) is 4.79 Å². The van der Waals surface area contributed by atoms with Gasteiger partial charge in [-0.05, 0) is 34.7 Å². The smallest absolute Gasteiger partial charge is 0.234 e. The van der Waals surface area contributed by atoms with E-state index in [0.717, 1.165) is 0 Å². The van der Waals surface area contributed by atoms with Crippen LogP contribution in [0.25, 0.3) is 5.69 Å². The summed E-state index contributed by atoms with van der Waals surface area (Å²) < 4.78 is 6.83. The van der Waals surface area contributed by atoms with Gasteiger partial charge in [-0.3, -0.25) is 4.79 Å². The molecule has 2 aromatic carbocycles. The van der Waals surface area contributed by atoms with E-state index in [1.165, 1.54) is 16.4 Å². The minimum absolute atomic E-state index is 0.0925. The highest BCUT2D eigenvalue weighted by molar-refractivity contribution is 7.99. The second kappa shape index (κ2) is 8.13. The van der Waals surface area contributed by atoms with E-state index in [2.05, 4.69) is 20.8 Å². The van der Waals surface area contributed by atoms with Gasteiger partial charge in [0.05, 0.1) is 24.1 Å². The minimum atomic E-state index is -0.257.